The Morgan fingerprint density at radius 1 is 1.30 bits per heavy atom. The van der Waals surface area contributed by atoms with Gasteiger partial charge < -0.3 is 5.11 Å². The number of aliphatic hydroxyl groups is 1. The lowest BCUT2D eigenvalue weighted by Crippen LogP contribution is -2.35. The van der Waals surface area contributed by atoms with Crippen LogP contribution in [0, 0.1) is 0 Å². The van der Waals surface area contributed by atoms with Crippen molar-refractivity contribution in [2.45, 2.75) is 32.4 Å². The second-order valence-electron chi connectivity index (χ2n) is 5.57. The van der Waals surface area contributed by atoms with Crippen LogP contribution in [0.1, 0.15) is 30.1 Å². The highest BCUT2D eigenvalue weighted by Gasteiger charge is 2.19. The third-order valence-corrected chi connectivity index (χ3v) is 4.08. The highest BCUT2D eigenvalue weighted by Crippen LogP contribution is 2.24. The zero-order chi connectivity index (χ0) is 14.1. The molecule has 0 radical (unpaired) electrons. The lowest BCUT2D eigenvalue weighted by Gasteiger charge is -2.29. The largest absolute Gasteiger partial charge is 0.393 e. The standard InChI is InChI=1S/C16H20N2O2/c1-12(19)18-11-13(15-4-2-3-5-16(15)18)10-17-8-6-14(20)7-9-17/h2-5,11,14,20H,6-10H2,1H3. The Morgan fingerprint density at radius 2 is 2.00 bits per heavy atom. The van der Waals surface area contributed by atoms with Crippen molar-refractivity contribution in [3.8, 4) is 0 Å². The van der Waals surface area contributed by atoms with Gasteiger partial charge in [-0.15, -0.1) is 0 Å². The molecular formula is C16H20N2O2. The zero-order valence-electron chi connectivity index (χ0n) is 11.7. The van der Waals surface area contributed by atoms with E-state index < -0.39 is 0 Å². The van der Waals surface area contributed by atoms with Gasteiger partial charge >= 0.3 is 0 Å². The average Bonchev–Trinajstić information content (AvgIpc) is 2.81. The van der Waals surface area contributed by atoms with E-state index in [0.717, 1.165) is 43.4 Å². The maximum absolute atomic E-state index is 11.7. The van der Waals surface area contributed by atoms with Gasteiger partial charge in [-0.1, -0.05) is 18.2 Å². The van der Waals surface area contributed by atoms with E-state index in [2.05, 4.69) is 11.0 Å². The van der Waals surface area contributed by atoms with Crippen LogP contribution in [0.5, 0.6) is 0 Å². The van der Waals surface area contributed by atoms with Crippen molar-refractivity contribution in [3.63, 3.8) is 0 Å². The van der Waals surface area contributed by atoms with Crippen molar-refractivity contribution in [1.82, 2.24) is 9.47 Å². The number of nitrogens with zero attached hydrogens (tertiary/aromatic N) is 2. The number of carbonyl (C=O) groups excluding carboxylic acids is 1. The van der Waals surface area contributed by atoms with Crippen molar-refractivity contribution in [1.29, 1.82) is 0 Å². The summed E-state index contributed by atoms with van der Waals surface area (Å²) < 4.78 is 1.73. The maximum Gasteiger partial charge on any atom is 0.227 e. The molecule has 0 bridgehead atoms. The molecule has 106 valence electrons. The van der Waals surface area contributed by atoms with Crippen LogP contribution >= 0.6 is 0 Å². The molecule has 4 nitrogen and oxygen atoms in total. The Labute approximate surface area is 118 Å². The lowest BCUT2D eigenvalue weighted by atomic mass is 10.1. The van der Waals surface area contributed by atoms with Crippen molar-refractivity contribution in [2.24, 2.45) is 0 Å². The summed E-state index contributed by atoms with van der Waals surface area (Å²) in [5.41, 5.74) is 2.17. The molecular weight excluding hydrogens is 252 g/mol. The van der Waals surface area contributed by atoms with E-state index in [-0.39, 0.29) is 12.0 Å². The number of hydrogen-bond donors (Lipinski definition) is 1. The molecule has 1 fully saturated rings. The first-order valence-electron chi connectivity index (χ1n) is 7.15. The third kappa shape index (κ3) is 2.49. The quantitative estimate of drug-likeness (QED) is 0.912. The highest BCUT2D eigenvalue weighted by atomic mass is 16.3. The number of fused-ring (bicyclic) bond motifs is 1. The summed E-state index contributed by atoms with van der Waals surface area (Å²) in [6.45, 7) is 4.27. The SMILES string of the molecule is CC(=O)n1cc(CN2CCC(O)CC2)c2ccccc21. The van der Waals surface area contributed by atoms with E-state index >= 15 is 0 Å². The van der Waals surface area contributed by atoms with E-state index in [9.17, 15) is 9.90 Å². The van der Waals surface area contributed by atoms with Crippen LogP contribution in [0.4, 0.5) is 0 Å². The van der Waals surface area contributed by atoms with E-state index in [0.29, 0.717) is 0 Å². The second-order valence-corrected chi connectivity index (χ2v) is 5.57. The van der Waals surface area contributed by atoms with Crippen LogP contribution in [-0.4, -0.2) is 39.7 Å². The van der Waals surface area contributed by atoms with Gasteiger partial charge in [0.2, 0.25) is 5.91 Å². The van der Waals surface area contributed by atoms with Gasteiger partial charge in [-0.3, -0.25) is 14.3 Å². The van der Waals surface area contributed by atoms with Gasteiger partial charge in [0.25, 0.3) is 0 Å². The minimum Gasteiger partial charge on any atom is -0.393 e. The summed E-state index contributed by atoms with van der Waals surface area (Å²) in [7, 11) is 0. The van der Waals surface area contributed by atoms with E-state index in [4.69, 9.17) is 0 Å². The lowest BCUT2D eigenvalue weighted by molar-refractivity contribution is 0.0794. The Hall–Kier alpha value is -1.65. The Kier molecular flexibility index (Phi) is 3.59. The number of carbonyl (C=O) groups is 1. The second kappa shape index (κ2) is 5.38. The molecule has 0 amide bonds. The summed E-state index contributed by atoms with van der Waals surface area (Å²) >= 11 is 0. The Morgan fingerprint density at radius 3 is 2.70 bits per heavy atom. The highest BCUT2D eigenvalue weighted by molar-refractivity contribution is 5.93. The predicted octanol–water partition coefficient (Wildman–Crippen LogP) is 2.26. The van der Waals surface area contributed by atoms with Gasteiger partial charge in [-0.05, 0) is 24.5 Å². The molecule has 2 aromatic rings. The van der Waals surface area contributed by atoms with Crippen molar-refractivity contribution in [3.05, 3.63) is 36.0 Å². The van der Waals surface area contributed by atoms with Crippen LogP contribution in [0.25, 0.3) is 10.9 Å². The topological polar surface area (TPSA) is 45.5 Å². The molecule has 1 N–H and O–H groups in total. The van der Waals surface area contributed by atoms with Gasteiger partial charge in [0.05, 0.1) is 11.6 Å². The molecule has 0 saturated carbocycles. The van der Waals surface area contributed by atoms with Crippen molar-refractivity contribution >= 4 is 16.8 Å². The van der Waals surface area contributed by atoms with Crippen LogP contribution in [0.2, 0.25) is 0 Å². The van der Waals surface area contributed by atoms with Gasteiger partial charge in [-0.25, -0.2) is 0 Å². The monoisotopic (exact) mass is 272 g/mol. The fraction of sp³-hybridized carbons (Fsp3) is 0.438. The predicted molar refractivity (Wildman–Crippen MR) is 78.8 cm³/mol. The van der Waals surface area contributed by atoms with Gasteiger partial charge in [0.1, 0.15) is 0 Å². The van der Waals surface area contributed by atoms with Gasteiger partial charge in [-0.2, -0.15) is 0 Å². The van der Waals surface area contributed by atoms with E-state index in [1.807, 2.05) is 24.4 Å². The fourth-order valence-electron chi connectivity index (χ4n) is 2.96. The molecule has 1 aromatic carbocycles. The first-order chi connectivity index (χ1) is 9.65. The summed E-state index contributed by atoms with van der Waals surface area (Å²) in [5, 5.41) is 10.7. The molecule has 0 spiro atoms. The Bertz CT molecular complexity index is 624. The van der Waals surface area contributed by atoms with Crippen molar-refractivity contribution in [2.75, 3.05) is 13.1 Å². The zero-order valence-corrected chi connectivity index (χ0v) is 11.7. The molecule has 1 aromatic heterocycles. The molecule has 1 saturated heterocycles. The first kappa shape index (κ1) is 13.3. The van der Waals surface area contributed by atoms with E-state index in [1.54, 1.807) is 11.5 Å². The smallest absolute Gasteiger partial charge is 0.227 e. The molecule has 1 aliphatic heterocycles. The third-order valence-electron chi connectivity index (χ3n) is 4.08. The fourth-order valence-corrected chi connectivity index (χ4v) is 2.96. The number of rotatable bonds is 2. The Balaban J connectivity index is 1.90. The van der Waals surface area contributed by atoms with Crippen LogP contribution in [0.3, 0.4) is 0 Å². The summed E-state index contributed by atoms with van der Waals surface area (Å²) in [4.78, 5) is 14.1. The minimum absolute atomic E-state index is 0.0431. The number of benzene rings is 1. The minimum atomic E-state index is -0.148. The molecule has 2 heterocycles. The number of piperidine rings is 1. The van der Waals surface area contributed by atoms with E-state index in [1.165, 1.54) is 5.56 Å². The van der Waals surface area contributed by atoms with Crippen LogP contribution in [-0.2, 0) is 6.54 Å². The number of likely N-dealkylation sites (tertiary alicyclic amines) is 1. The van der Waals surface area contributed by atoms with Crippen LogP contribution in [0.15, 0.2) is 30.5 Å². The van der Waals surface area contributed by atoms with Crippen LogP contribution < -0.4 is 0 Å². The number of aliphatic hydroxyl groups excluding tert-OH is 1. The van der Waals surface area contributed by atoms with Gasteiger partial charge in [0, 0.05) is 38.1 Å². The molecule has 0 aliphatic carbocycles. The summed E-state index contributed by atoms with van der Waals surface area (Å²) in [5.74, 6) is 0.0431. The van der Waals surface area contributed by atoms with Crippen molar-refractivity contribution < 1.29 is 9.90 Å². The normalized spacial score (nSPS) is 17.7. The molecule has 0 unspecified atom stereocenters. The molecule has 20 heavy (non-hydrogen) atoms. The summed E-state index contributed by atoms with van der Waals surface area (Å²) in [6.07, 6.45) is 3.49. The molecule has 0 atom stereocenters. The molecule has 3 rings (SSSR count). The molecule has 1 aliphatic rings. The maximum atomic E-state index is 11.7. The number of aromatic nitrogens is 1. The number of hydrogen-bond acceptors (Lipinski definition) is 3. The van der Waals surface area contributed by atoms with Gasteiger partial charge in [0.15, 0.2) is 0 Å². The first-order valence-corrected chi connectivity index (χ1v) is 7.15. The average molecular weight is 272 g/mol. The summed E-state index contributed by atoms with van der Waals surface area (Å²) in [6, 6.07) is 8.03. The number of para-hydroxylation sites is 1. The molecule has 4 heteroatoms.